The second-order valence-electron chi connectivity index (χ2n) is 5.58. The van der Waals surface area contributed by atoms with Gasteiger partial charge in [-0.05, 0) is 25.2 Å². The third-order valence-corrected chi connectivity index (χ3v) is 4.50. The van der Waals surface area contributed by atoms with Crippen molar-refractivity contribution < 1.29 is 5.11 Å². The first-order valence-corrected chi connectivity index (χ1v) is 6.63. The third-order valence-electron chi connectivity index (χ3n) is 4.50. The van der Waals surface area contributed by atoms with Crippen LogP contribution in [0.25, 0.3) is 0 Å². The van der Waals surface area contributed by atoms with Crippen LogP contribution in [-0.4, -0.2) is 34.7 Å². The Bertz CT molecular complexity index is 211. The van der Waals surface area contributed by atoms with E-state index in [9.17, 15) is 5.11 Å². The number of nitrogens with zero attached hydrogens (tertiary/aromatic N) is 1. The van der Waals surface area contributed by atoms with E-state index in [2.05, 4.69) is 18.7 Å². The van der Waals surface area contributed by atoms with Crippen LogP contribution < -0.4 is 0 Å². The largest absolute Gasteiger partial charge is 0.387 e. The van der Waals surface area contributed by atoms with Crippen LogP contribution in [0.3, 0.4) is 0 Å². The molecule has 0 aromatic carbocycles. The molecule has 0 aromatic heterocycles. The van der Waals surface area contributed by atoms with Crippen LogP contribution in [0.1, 0.15) is 52.4 Å². The Morgan fingerprint density at radius 1 is 1.27 bits per heavy atom. The van der Waals surface area contributed by atoms with Crippen LogP contribution in [0.5, 0.6) is 0 Å². The van der Waals surface area contributed by atoms with Crippen molar-refractivity contribution in [1.82, 2.24) is 4.90 Å². The first-order chi connectivity index (χ1) is 7.17. The van der Waals surface area contributed by atoms with Crippen LogP contribution in [0, 0.1) is 5.92 Å². The minimum Gasteiger partial charge on any atom is -0.387 e. The highest BCUT2D eigenvalue weighted by atomic mass is 16.3. The second-order valence-corrected chi connectivity index (χ2v) is 5.58. The van der Waals surface area contributed by atoms with Gasteiger partial charge in [-0.25, -0.2) is 0 Å². The summed E-state index contributed by atoms with van der Waals surface area (Å²) >= 11 is 0. The number of aliphatic hydroxyl groups is 1. The smallest absolute Gasteiger partial charge is 0.0897 e. The molecule has 2 heteroatoms. The molecule has 2 aliphatic rings. The standard InChI is InChI=1S/C13H25NO/c1-3-11-6-5-7-12(8-11)14-9-13(15,4-2)10-14/h11-12,15H,3-10H2,1-2H3. The maximum Gasteiger partial charge on any atom is 0.0897 e. The molecule has 2 unspecified atom stereocenters. The first-order valence-electron chi connectivity index (χ1n) is 6.63. The van der Waals surface area contributed by atoms with Gasteiger partial charge in [0.2, 0.25) is 0 Å². The number of hydrogen-bond donors (Lipinski definition) is 1. The monoisotopic (exact) mass is 211 g/mol. The Balaban J connectivity index is 1.81. The van der Waals surface area contributed by atoms with E-state index in [0.717, 1.165) is 31.5 Å². The minimum absolute atomic E-state index is 0.348. The van der Waals surface area contributed by atoms with Gasteiger partial charge in [-0.1, -0.05) is 33.1 Å². The van der Waals surface area contributed by atoms with Crippen molar-refractivity contribution in [1.29, 1.82) is 0 Å². The molecule has 0 amide bonds. The molecule has 2 rings (SSSR count). The predicted molar refractivity (Wildman–Crippen MR) is 62.9 cm³/mol. The SMILES string of the molecule is CCC1CCCC(N2CC(O)(CC)C2)C1. The van der Waals surface area contributed by atoms with E-state index in [4.69, 9.17) is 0 Å². The van der Waals surface area contributed by atoms with Crippen LogP contribution in [0.2, 0.25) is 0 Å². The van der Waals surface area contributed by atoms with E-state index in [1.165, 1.54) is 32.1 Å². The fourth-order valence-corrected chi connectivity index (χ4v) is 3.16. The Kier molecular flexibility index (Phi) is 3.36. The van der Waals surface area contributed by atoms with Gasteiger partial charge in [-0.2, -0.15) is 0 Å². The topological polar surface area (TPSA) is 23.5 Å². The van der Waals surface area contributed by atoms with E-state index < -0.39 is 0 Å². The van der Waals surface area contributed by atoms with Gasteiger partial charge in [0.15, 0.2) is 0 Å². The maximum absolute atomic E-state index is 10.0. The van der Waals surface area contributed by atoms with Crippen LogP contribution in [0.15, 0.2) is 0 Å². The molecule has 2 fully saturated rings. The maximum atomic E-state index is 10.0. The normalized spacial score (nSPS) is 36.2. The van der Waals surface area contributed by atoms with Crippen LogP contribution >= 0.6 is 0 Å². The molecule has 88 valence electrons. The lowest BCUT2D eigenvalue weighted by Crippen LogP contribution is -2.64. The molecular weight excluding hydrogens is 186 g/mol. The molecule has 15 heavy (non-hydrogen) atoms. The van der Waals surface area contributed by atoms with Crippen molar-refractivity contribution in [3.63, 3.8) is 0 Å². The molecule has 1 N–H and O–H groups in total. The van der Waals surface area contributed by atoms with Gasteiger partial charge in [0.1, 0.15) is 0 Å². The highest BCUT2D eigenvalue weighted by Gasteiger charge is 2.43. The van der Waals surface area contributed by atoms with Crippen molar-refractivity contribution in [2.75, 3.05) is 13.1 Å². The van der Waals surface area contributed by atoms with Crippen molar-refractivity contribution in [2.24, 2.45) is 5.92 Å². The lowest BCUT2D eigenvalue weighted by molar-refractivity contribution is -0.124. The predicted octanol–water partition coefficient (Wildman–Crippen LogP) is 2.41. The molecule has 0 bridgehead atoms. The van der Waals surface area contributed by atoms with Crippen molar-refractivity contribution >= 4 is 0 Å². The molecule has 2 atom stereocenters. The molecule has 0 radical (unpaired) electrons. The number of rotatable bonds is 3. The summed E-state index contributed by atoms with van der Waals surface area (Å²) < 4.78 is 0. The highest BCUT2D eigenvalue weighted by Crippen LogP contribution is 2.35. The van der Waals surface area contributed by atoms with Gasteiger partial charge in [-0.15, -0.1) is 0 Å². The van der Waals surface area contributed by atoms with E-state index in [0.29, 0.717) is 0 Å². The highest BCUT2D eigenvalue weighted by molar-refractivity contribution is 4.98. The summed E-state index contributed by atoms with van der Waals surface area (Å²) in [6, 6.07) is 0.774. The van der Waals surface area contributed by atoms with Crippen LogP contribution in [0.4, 0.5) is 0 Å². The van der Waals surface area contributed by atoms with Crippen molar-refractivity contribution in [3.05, 3.63) is 0 Å². The van der Waals surface area contributed by atoms with Crippen molar-refractivity contribution in [3.8, 4) is 0 Å². The Hall–Kier alpha value is -0.0800. The van der Waals surface area contributed by atoms with E-state index in [1.807, 2.05) is 0 Å². The van der Waals surface area contributed by atoms with Gasteiger partial charge in [-0.3, -0.25) is 4.90 Å². The molecule has 0 aromatic rings. The van der Waals surface area contributed by atoms with Gasteiger partial charge in [0.25, 0.3) is 0 Å². The van der Waals surface area contributed by atoms with E-state index >= 15 is 0 Å². The molecule has 1 saturated heterocycles. The Morgan fingerprint density at radius 3 is 2.60 bits per heavy atom. The molecule has 1 saturated carbocycles. The van der Waals surface area contributed by atoms with Gasteiger partial charge >= 0.3 is 0 Å². The molecule has 1 aliphatic carbocycles. The van der Waals surface area contributed by atoms with Gasteiger partial charge < -0.3 is 5.11 Å². The Morgan fingerprint density at radius 2 is 2.00 bits per heavy atom. The molecule has 0 spiro atoms. The zero-order valence-corrected chi connectivity index (χ0v) is 10.2. The number of hydrogen-bond acceptors (Lipinski definition) is 2. The van der Waals surface area contributed by atoms with E-state index in [1.54, 1.807) is 0 Å². The zero-order valence-electron chi connectivity index (χ0n) is 10.2. The second kappa shape index (κ2) is 4.42. The molecule has 1 aliphatic heterocycles. The fourth-order valence-electron chi connectivity index (χ4n) is 3.16. The summed E-state index contributed by atoms with van der Waals surface area (Å²) in [6.07, 6.45) is 7.80. The van der Waals surface area contributed by atoms with Crippen molar-refractivity contribution in [2.45, 2.75) is 64.0 Å². The quantitative estimate of drug-likeness (QED) is 0.775. The zero-order chi connectivity index (χ0) is 10.9. The average molecular weight is 211 g/mol. The summed E-state index contributed by atoms with van der Waals surface area (Å²) in [5.41, 5.74) is -0.348. The lowest BCUT2D eigenvalue weighted by atomic mass is 9.80. The van der Waals surface area contributed by atoms with Crippen LogP contribution in [-0.2, 0) is 0 Å². The molecule has 1 heterocycles. The molecule has 2 nitrogen and oxygen atoms in total. The van der Waals surface area contributed by atoms with Gasteiger partial charge in [0.05, 0.1) is 5.60 Å². The summed E-state index contributed by atoms with van der Waals surface area (Å²) in [6.45, 7) is 6.24. The summed E-state index contributed by atoms with van der Waals surface area (Å²) in [7, 11) is 0. The molecular formula is C13H25NO. The summed E-state index contributed by atoms with van der Waals surface area (Å²) in [5.74, 6) is 0.944. The minimum atomic E-state index is -0.348. The first kappa shape index (κ1) is 11.4. The average Bonchev–Trinajstić information content (AvgIpc) is 2.25. The lowest BCUT2D eigenvalue weighted by Gasteiger charge is -2.51. The summed E-state index contributed by atoms with van der Waals surface area (Å²) in [4.78, 5) is 2.51. The summed E-state index contributed by atoms with van der Waals surface area (Å²) in [5, 5.41) is 10.0. The van der Waals surface area contributed by atoms with E-state index in [-0.39, 0.29) is 5.60 Å². The Labute approximate surface area is 93.7 Å². The fraction of sp³-hybridized carbons (Fsp3) is 1.00. The van der Waals surface area contributed by atoms with Gasteiger partial charge in [0, 0.05) is 19.1 Å². The number of β-amino-alcohol motifs (C(OH)–C–C–N with tert-alkyl or cyclic N) is 1. The number of likely N-dealkylation sites (tertiary alicyclic amines) is 1. The third kappa shape index (κ3) is 2.36.